The highest BCUT2D eigenvalue weighted by Crippen LogP contribution is 2.40. The van der Waals surface area contributed by atoms with E-state index in [2.05, 4.69) is 41.0 Å². The third kappa shape index (κ3) is 5.01. The molecule has 4 rings (SSSR count). The van der Waals surface area contributed by atoms with Gasteiger partial charge in [-0.2, -0.15) is 0 Å². The lowest BCUT2D eigenvalue weighted by Gasteiger charge is -2.37. The molecular weight excluding hydrogens is 448 g/mol. The number of aromatic nitrogens is 2. The van der Waals surface area contributed by atoms with Crippen molar-refractivity contribution in [3.63, 3.8) is 0 Å². The fraction of sp³-hybridized carbons (Fsp3) is 0.258. The number of hydrogen-bond acceptors (Lipinski definition) is 4. The molecule has 0 amide bonds. The Morgan fingerprint density at radius 1 is 0.833 bits per heavy atom. The van der Waals surface area contributed by atoms with Crippen molar-refractivity contribution in [1.82, 2.24) is 9.55 Å². The number of esters is 1. The molecule has 5 nitrogen and oxygen atoms in total. The normalized spacial score (nSPS) is 12.3. The Morgan fingerprint density at radius 3 is 1.72 bits per heavy atom. The van der Waals surface area contributed by atoms with Crippen molar-refractivity contribution in [2.45, 2.75) is 32.2 Å². The van der Waals surface area contributed by atoms with Gasteiger partial charge in [0, 0.05) is 25.0 Å². The van der Waals surface area contributed by atoms with Crippen molar-refractivity contribution in [3.05, 3.63) is 126 Å². The molecular formula is C31H32N2O3. The highest BCUT2D eigenvalue weighted by Gasteiger charge is 2.38. The maximum absolute atomic E-state index is 12.5. The van der Waals surface area contributed by atoms with E-state index >= 15 is 0 Å². The summed E-state index contributed by atoms with van der Waals surface area (Å²) in [5.74, 6) is -1.07. The number of Topliss-reactive ketones (excluding diaryl/α,β-unsaturated/α-hetero) is 1. The van der Waals surface area contributed by atoms with Crippen LogP contribution in [0.15, 0.2) is 104 Å². The van der Waals surface area contributed by atoms with Gasteiger partial charge in [0.2, 0.25) is 0 Å². The van der Waals surface area contributed by atoms with Gasteiger partial charge in [0.1, 0.15) is 11.3 Å². The van der Waals surface area contributed by atoms with Crippen LogP contribution in [-0.2, 0) is 26.3 Å². The molecule has 0 saturated heterocycles. The van der Waals surface area contributed by atoms with Crippen molar-refractivity contribution in [2.24, 2.45) is 11.8 Å². The van der Waals surface area contributed by atoms with Crippen molar-refractivity contribution < 1.29 is 14.3 Å². The number of rotatable bonds is 10. The highest BCUT2D eigenvalue weighted by molar-refractivity contribution is 5.85. The zero-order valence-corrected chi connectivity index (χ0v) is 21.0. The molecule has 0 saturated carbocycles. The van der Waals surface area contributed by atoms with Crippen molar-refractivity contribution in [3.8, 4) is 0 Å². The maximum atomic E-state index is 12.5. The molecule has 0 fully saturated rings. The fourth-order valence-corrected chi connectivity index (χ4v) is 4.77. The maximum Gasteiger partial charge on any atom is 0.309 e. The summed E-state index contributed by atoms with van der Waals surface area (Å²) in [4.78, 5) is 29.7. The smallest absolute Gasteiger partial charge is 0.309 e. The van der Waals surface area contributed by atoms with Gasteiger partial charge in [-0.15, -0.1) is 0 Å². The molecule has 0 radical (unpaired) electrons. The van der Waals surface area contributed by atoms with E-state index in [0.717, 1.165) is 22.4 Å². The molecule has 36 heavy (non-hydrogen) atoms. The zero-order chi connectivity index (χ0) is 25.5. The molecule has 0 aliphatic carbocycles. The van der Waals surface area contributed by atoms with Crippen LogP contribution in [0.3, 0.4) is 0 Å². The Labute approximate surface area is 212 Å². The molecule has 0 aliphatic heterocycles. The van der Waals surface area contributed by atoms with Crippen LogP contribution < -0.4 is 0 Å². The Balaban J connectivity index is 1.84. The van der Waals surface area contributed by atoms with Gasteiger partial charge < -0.3 is 9.30 Å². The molecule has 1 heterocycles. The lowest BCUT2D eigenvalue weighted by atomic mass is 9.77. The van der Waals surface area contributed by atoms with E-state index in [1.807, 2.05) is 81.0 Å². The number of imidazole rings is 1. The summed E-state index contributed by atoms with van der Waals surface area (Å²) in [6.07, 6.45) is 4.27. The van der Waals surface area contributed by atoms with Crippen molar-refractivity contribution in [2.75, 3.05) is 7.11 Å². The van der Waals surface area contributed by atoms with Gasteiger partial charge in [-0.3, -0.25) is 9.59 Å². The van der Waals surface area contributed by atoms with Crippen LogP contribution in [0.5, 0.6) is 0 Å². The summed E-state index contributed by atoms with van der Waals surface area (Å²) in [6.45, 7) is 3.69. The average molecular weight is 481 g/mol. The predicted molar refractivity (Wildman–Crippen MR) is 141 cm³/mol. The number of hydrogen-bond donors (Lipinski definition) is 0. The number of ketones is 1. The van der Waals surface area contributed by atoms with Crippen LogP contribution in [-0.4, -0.2) is 28.4 Å². The third-order valence-electron chi connectivity index (χ3n) is 6.68. The van der Waals surface area contributed by atoms with Gasteiger partial charge in [-0.1, -0.05) is 105 Å². The van der Waals surface area contributed by atoms with Crippen LogP contribution in [0.1, 0.15) is 42.7 Å². The van der Waals surface area contributed by atoms with Gasteiger partial charge in [0.15, 0.2) is 0 Å². The number of benzene rings is 3. The second-order valence-corrected chi connectivity index (χ2v) is 9.33. The zero-order valence-electron chi connectivity index (χ0n) is 21.0. The number of methoxy groups -OCH3 is 1. The molecule has 3 aromatic carbocycles. The number of ether oxygens (including phenoxy) is 1. The SMILES string of the molecule is COC(=O)C(CC(=O)C(C)C)Cc1cn(C(c2ccccc2)(c2ccccc2)c2ccccc2)cn1. The Kier molecular flexibility index (Phi) is 7.79. The molecule has 0 spiro atoms. The van der Waals surface area contributed by atoms with Crippen molar-refractivity contribution >= 4 is 11.8 Å². The van der Waals surface area contributed by atoms with E-state index in [1.54, 1.807) is 0 Å². The Morgan fingerprint density at radius 2 is 1.31 bits per heavy atom. The van der Waals surface area contributed by atoms with Gasteiger partial charge in [-0.25, -0.2) is 4.98 Å². The van der Waals surface area contributed by atoms with Crippen LogP contribution in [0.25, 0.3) is 0 Å². The monoisotopic (exact) mass is 480 g/mol. The summed E-state index contributed by atoms with van der Waals surface area (Å²) in [6, 6.07) is 31.0. The molecule has 1 atom stereocenters. The summed E-state index contributed by atoms with van der Waals surface area (Å²) < 4.78 is 7.13. The van der Waals surface area contributed by atoms with E-state index in [-0.39, 0.29) is 24.1 Å². The quantitative estimate of drug-likeness (QED) is 0.217. The summed E-state index contributed by atoms with van der Waals surface area (Å²) >= 11 is 0. The molecule has 4 aromatic rings. The van der Waals surface area contributed by atoms with Crippen LogP contribution in [0, 0.1) is 11.8 Å². The molecule has 184 valence electrons. The first kappa shape index (κ1) is 25.1. The Bertz CT molecular complexity index is 1180. The lowest BCUT2D eigenvalue weighted by Crippen LogP contribution is -2.37. The van der Waals surface area contributed by atoms with Crippen molar-refractivity contribution in [1.29, 1.82) is 0 Å². The van der Waals surface area contributed by atoms with Gasteiger partial charge in [-0.05, 0) is 16.7 Å². The van der Waals surface area contributed by atoms with Gasteiger partial charge in [0.05, 0.1) is 25.0 Å². The first-order valence-electron chi connectivity index (χ1n) is 12.3. The number of nitrogens with zero attached hydrogens (tertiary/aromatic N) is 2. The molecule has 1 unspecified atom stereocenters. The average Bonchev–Trinajstić information content (AvgIpc) is 3.38. The minimum atomic E-state index is -0.677. The van der Waals surface area contributed by atoms with E-state index in [1.165, 1.54) is 7.11 Å². The summed E-state index contributed by atoms with van der Waals surface area (Å²) in [5.41, 5.74) is 3.32. The highest BCUT2D eigenvalue weighted by atomic mass is 16.5. The largest absolute Gasteiger partial charge is 0.469 e. The lowest BCUT2D eigenvalue weighted by molar-refractivity contribution is -0.147. The van der Waals surface area contributed by atoms with E-state index in [9.17, 15) is 9.59 Å². The molecule has 5 heteroatoms. The molecule has 0 aliphatic rings. The third-order valence-corrected chi connectivity index (χ3v) is 6.68. The number of carbonyl (C=O) groups excluding carboxylic acids is 2. The minimum Gasteiger partial charge on any atom is -0.469 e. The van der Waals surface area contributed by atoms with E-state index in [4.69, 9.17) is 9.72 Å². The summed E-state index contributed by atoms with van der Waals surface area (Å²) in [5, 5.41) is 0. The van der Waals surface area contributed by atoms with E-state index < -0.39 is 11.5 Å². The Hall–Kier alpha value is -3.99. The number of carbonyl (C=O) groups is 2. The van der Waals surface area contributed by atoms with Crippen LogP contribution >= 0.6 is 0 Å². The van der Waals surface area contributed by atoms with Crippen LogP contribution in [0.4, 0.5) is 0 Å². The molecule has 1 aromatic heterocycles. The minimum absolute atomic E-state index is 0.0389. The fourth-order valence-electron chi connectivity index (χ4n) is 4.77. The molecule has 0 bridgehead atoms. The second kappa shape index (κ2) is 11.2. The standard InChI is InChI=1S/C31H32N2O3/c1-23(2)29(34)20-24(30(35)36-3)19-28-21-33(22-32-28)31(25-13-7-4-8-14-25,26-15-9-5-10-16-26)27-17-11-6-12-18-27/h4-18,21-24H,19-20H2,1-3H3. The van der Waals surface area contributed by atoms with E-state index in [0.29, 0.717) is 6.42 Å². The van der Waals surface area contributed by atoms with Gasteiger partial charge >= 0.3 is 5.97 Å². The topological polar surface area (TPSA) is 61.2 Å². The van der Waals surface area contributed by atoms with Crippen LogP contribution in [0.2, 0.25) is 0 Å². The first-order chi connectivity index (χ1) is 17.5. The van der Waals surface area contributed by atoms with Gasteiger partial charge in [0.25, 0.3) is 0 Å². The first-order valence-corrected chi connectivity index (χ1v) is 12.3. The predicted octanol–water partition coefficient (Wildman–Crippen LogP) is 5.67. The second-order valence-electron chi connectivity index (χ2n) is 9.33. The molecule has 0 N–H and O–H groups in total. The summed E-state index contributed by atoms with van der Waals surface area (Å²) in [7, 11) is 1.36.